The lowest BCUT2D eigenvalue weighted by Gasteiger charge is -2.30. The lowest BCUT2D eigenvalue weighted by atomic mass is 9.92. The zero-order valence-corrected chi connectivity index (χ0v) is 11.8. The third-order valence-corrected chi connectivity index (χ3v) is 3.16. The van der Waals surface area contributed by atoms with Gasteiger partial charge in [0, 0.05) is 12.6 Å². The third kappa shape index (κ3) is 3.24. The van der Waals surface area contributed by atoms with Crippen LogP contribution in [0.1, 0.15) is 19.4 Å². The molecule has 1 unspecified atom stereocenters. The highest BCUT2D eigenvalue weighted by Gasteiger charge is 2.25. The Kier molecular flexibility index (Phi) is 4.53. The van der Waals surface area contributed by atoms with Gasteiger partial charge in [-0.3, -0.25) is 0 Å². The van der Waals surface area contributed by atoms with Gasteiger partial charge in [0.15, 0.2) is 0 Å². The molecule has 5 heteroatoms. The van der Waals surface area contributed by atoms with Gasteiger partial charge in [-0.05, 0) is 19.4 Å². The van der Waals surface area contributed by atoms with Crippen molar-refractivity contribution in [3.63, 3.8) is 0 Å². The first-order valence-electron chi connectivity index (χ1n) is 6.66. The molecule has 3 N–H and O–H groups in total. The van der Waals surface area contributed by atoms with E-state index in [2.05, 4.69) is 15.3 Å². The zero-order chi connectivity index (χ0) is 14.4. The molecule has 1 atom stereocenters. The molecule has 1 aromatic carbocycles. The van der Waals surface area contributed by atoms with Gasteiger partial charge in [-0.25, -0.2) is 9.97 Å². The average molecular weight is 272 g/mol. The second kappa shape index (κ2) is 6.34. The molecule has 0 aliphatic heterocycles. The van der Waals surface area contributed by atoms with E-state index in [-0.39, 0.29) is 5.54 Å². The maximum absolute atomic E-state index is 5.95. The second-order valence-corrected chi connectivity index (χ2v) is 4.70. The van der Waals surface area contributed by atoms with Crippen molar-refractivity contribution in [3.05, 3.63) is 48.3 Å². The number of nitrogens with zero attached hydrogens (tertiary/aromatic N) is 2. The number of anilines is 1. The van der Waals surface area contributed by atoms with Crippen molar-refractivity contribution in [2.75, 3.05) is 18.5 Å². The molecule has 1 heterocycles. The van der Waals surface area contributed by atoms with Crippen LogP contribution in [0.2, 0.25) is 0 Å². The van der Waals surface area contributed by atoms with Crippen LogP contribution < -0.4 is 15.8 Å². The number of nitrogens with one attached hydrogen (secondary N) is 1. The van der Waals surface area contributed by atoms with E-state index in [4.69, 9.17) is 10.5 Å². The van der Waals surface area contributed by atoms with Gasteiger partial charge in [0.1, 0.15) is 12.1 Å². The van der Waals surface area contributed by atoms with Gasteiger partial charge in [-0.2, -0.15) is 0 Å². The Bertz CT molecular complexity index is 547. The molecule has 0 aliphatic rings. The van der Waals surface area contributed by atoms with E-state index < -0.39 is 0 Å². The van der Waals surface area contributed by atoms with Crippen LogP contribution in [-0.4, -0.2) is 23.1 Å². The molecule has 106 valence electrons. The molecule has 0 spiro atoms. The smallest absolute Gasteiger partial charge is 0.218 e. The predicted octanol–water partition coefficient (Wildman–Crippen LogP) is 2.16. The van der Waals surface area contributed by atoms with Crippen LogP contribution in [0.25, 0.3) is 0 Å². The highest BCUT2D eigenvalue weighted by atomic mass is 16.5. The SMILES string of the molecule is CCOc1cc(NC(C)(CN)c2ccccc2)ncn1. The molecule has 2 rings (SSSR count). The van der Waals surface area contributed by atoms with Crippen LogP contribution in [0.3, 0.4) is 0 Å². The minimum Gasteiger partial charge on any atom is -0.478 e. The Morgan fingerprint density at radius 2 is 2.00 bits per heavy atom. The summed E-state index contributed by atoms with van der Waals surface area (Å²) < 4.78 is 5.38. The van der Waals surface area contributed by atoms with Crippen LogP contribution >= 0.6 is 0 Å². The number of hydrogen-bond donors (Lipinski definition) is 2. The fourth-order valence-corrected chi connectivity index (χ4v) is 1.96. The Balaban J connectivity index is 2.24. The van der Waals surface area contributed by atoms with E-state index in [1.165, 1.54) is 6.33 Å². The van der Waals surface area contributed by atoms with E-state index in [0.29, 0.717) is 24.8 Å². The third-order valence-electron chi connectivity index (χ3n) is 3.16. The van der Waals surface area contributed by atoms with Crippen LogP contribution in [0.15, 0.2) is 42.7 Å². The van der Waals surface area contributed by atoms with Crippen LogP contribution in [0.4, 0.5) is 5.82 Å². The fraction of sp³-hybridized carbons (Fsp3) is 0.333. The van der Waals surface area contributed by atoms with Gasteiger partial charge >= 0.3 is 0 Å². The molecule has 0 fully saturated rings. The van der Waals surface area contributed by atoms with Gasteiger partial charge in [0.25, 0.3) is 0 Å². The molecule has 0 amide bonds. The number of rotatable bonds is 6. The Morgan fingerprint density at radius 1 is 1.25 bits per heavy atom. The van der Waals surface area contributed by atoms with Gasteiger partial charge in [-0.1, -0.05) is 30.3 Å². The number of nitrogens with two attached hydrogens (primary N) is 1. The summed E-state index contributed by atoms with van der Waals surface area (Å²) in [5, 5.41) is 3.36. The molecular weight excluding hydrogens is 252 g/mol. The summed E-state index contributed by atoms with van der Waals surface area (Å²) in [5.41, 5.74) is 6.67. The second-order valence-electron chi connectivity index (χ2n) is 4.70. The number of benzene rings is 1. The molecule has 5 nitrogen and oxygen atoms in total. The maximum atomic E-state index is 5.95. The van der Waals surface area contributed by atoms with Gasteiger partial charge in [0.05, 0.1) is 12.1 Å². The molecule has 20 heavy (non-hydrogen) atoms. The van der Waals surface area contributed by atoms with Crippen LogP contribution in [0.5, 0.6) is 5.88 Å². The highest BCUT2D eigenvalue weighted by molar-refractivity contribution is 5.43. The predicted molar refractivity (Wildman–Crippen MR) is 79.7 cm³/mol. The molecular formula is C15H20N4O. The summed E-state index contributed by atoms with van der Waals surface area (Å²) in [6.45, 7) is 4.99. The normalized spacial score (nSPS) is 13.6. The first-order valence-corrected chi connectivity index (χ1v) is 6.66. The van der Waals surface area contributed by atoms with Crippen LogP contribution in [0, 0.1) is 0 Å². The molecule has 0 aliphatic carbocycles. The van der Waals surface area contributed by atoms with E-state index >= 15 is 0 Å². The van der Waals surface area contributed by atoms with Gasteiger partial charge in [0.2, 0.25) is 5.88 Å². The lowest BCUT2D eigenvalue weighted by molar-refractivity contribution is 0.326. The Morgan fingerprint density at radius 3 is 2.65 bits per heavy atom. The van der Waals surface area contributed by atoms with Gasteiger partial charge in [-0.15, -0.1) is 0 Å². The number of ether oxygens (including phenoxy) is 1. The lowest BCUT2D eigenvalue weighted by Crippen LogP contribution is -2.40. The molecule has 2 aromatic rings. The first kappa shape index (κ1) is 14.3. The quantitative estimate of drug-likeness (QED) is 0.843. The Hall–Kier alpha value is -2.14. The van der Waals surface area contributed by atoms with Crippen molar-refractivity contribution < 1.29 is 4.74 Å². The van der Waals surface area contributed by atoms with Crippen molar-refractivity contribution in [1.29, 1.82) is 0 Å². The number of hydrogen-bond acceptors (Lipinski definition) is 5. The first-order chi connectivity index (χ1) is 9.68. The van der Waals surface area contributed by atoms with E-state index in [9.17, 15) is 0 Å². The van der Waals surface area contributed by atoms with Crippen LogP contribution in [-0.2, 0) is 5.54 Å². The minimum atomic E-state index is -0.390. The summed E-state index contributed by atoms with van der Waals surface area (Å²) in [4.78, 5) is 8.28. The summed E-state index contributed by atoms with van der Waals surface area (Å²) in [6, 6.07) is 11.8. The summed E-state index contributed by atoms with van der Waals surface area (Å²) in [5.74, 6) is 1.25. The van der Waals surface area contributed by atoms with Crippen molar-refractivity contribution in [3.8, 4) is 5.88 Å². The summed E-state index contributed by atoms with van der Waals surface area (Å²) >= 11 is 0. The van der Waals surface area contributed by atoms with Crippen molar-refractivity contribution in [2.24, 2.45) is 5.73 Å². The molecule has 1 aromatic heterocycles. The van der Waals surface area contributed by atoms with Crippen molar-refractivity contribution >= 4 is 5.82 Å². The standard InChI is InChI=1S/C15H20N4O/c1-3-20-14-9-13(17-11-18-14)19-15(2,10-16)12-7-5-4-6-8-12/h4-9,11H,3,10,16H2,1-2H3,(H,17,18,19). The molecule has 0 radical (unpaired) electrons. The average Bonchev–Trinajstić information content (AvgIpc) is 2.49. The van der Waals surface area contributed by atoms with E-state index in [1.807, 2.05) is 44.2 Å². The summed E-state index contributed by atoms with van der Waals surface area (Å²) in [6.07, 6.45) is 1.48. The molecule has 0 bridgehead atoms. The maximum Gasteiger partial charge on any atom is 0.218 e. The highest BCUT2D eigenvalue weighted by Crippen LogP contribution is 2.25. The largest absolute Gasteiger partial charge is 0.478 e. The molecule has 0 saturated heterocycles. The minimum absolute atomic E-state index is 0.390. The summed E-state index contributed by atoms with van der Waals surface area (Å²) in [7, 11) is 0. The van der Waals surface area contributed by atoms with Gasteiger partial charge < -0.3 is 15.8 Å². The topological polar surface area (TPSA) is 73.1 Å². The van der Waals surface area contributed by atoms with E-state index in [0.717, 1.165) is 5.56 Å². The monoisotopic (exact) mass is 272 g/mol. The van der Waals surface area contributed by atoms with Crippen molar-refractivity contribution in [2.45, 2.75) is 19.4 Å². The fourth-order valence-electron chi connectivity index (χ4n) is 1.96. The van der Waals surface area contributed by atoms with Crippen molar-refractivity contribution in [1.82, 2.24) is 9.97 Å². The van der Waals surface area contributed by atoms with E-state index in [1.54, 1.807) is 6.07 Å². The molecule has 0 saturated carbocycles. The zero-order valence-electron chi connectivity index (χ0n) is 11.8. The number of aromatic nitrogens is 2. The Labute approximate surface area is 119 Å².